The molecule has 2 rings (SSSR count). The van der Waals surface area contributed by atoms with Gasteiger partial charge >= 0.3 is 0 Å². The fourth-order valence-electron chi connectivity index (χ4n) is 2.60. The van der Waals surface area contributed by atoms with E-state index < -0.39 is 0 Å². The van der Waals surface area contributed by atoms with Crippen LogP contribution in [0.4, 0.5) is 10.1 Å². The fourth-order valence-corrected chi connectivity index (χ4v) is 2.60. The second-order valence-corrected chi connectivity index (χ2v) is 5.77. The van der Waals surface area contributed by atoms with E-state index in [4.69, 9.17) is 4.74 Å². The van der Waals surface area contributed by atoms with E-state index in [1.807, 2.05) is 18.0 Å². The average molecular weight is 450 g/mol. The molecule has 2 N–H and O–H groups in total. The number of nitrogens with zero attached hydrogens (tertiary/aromatic N) is 2. The molecule has 5 nitrogen and oxygen atoms in total. The molecule has 1 aliphatic heterocycles. The summed E-state index contributed by atoms with van der Waals surface area (Å²) in [5.41, 5.74) is 0.894. The quantitative estimate of drug-likeness (QED) is 0.290. The molecule has 0 spiro atoms. The summed E-state index contributed by atoms with van der Waals surface area (Å²) in [7, 11) is 3.74. The van der Waals surface area contributed by atoms with Gasteiger partial charge in [-0.1, -0.05) is 6.07 Å². The summed E-state index contributed by atoms with van der Waals surface area (Å²) < 4.78 is 18.8. The maximum Gasteiger partial charge on any atom is 0.191 e. The number of benzene rings is 1. The van der Waals surface area contributed by atoms with Crippen molar-refractivity contribution < 1.29 is 9.13 Å². The Labute approximate surface area is 161 Å². The first-order chi connectivity index (χ1) is 11.2. The Bertz CT molecular complexity index is 509. The Morgan fingerprint density at radius 2 is 2.25 bits per heavy atom. The Morgan fingerprint density at radius 3 is 2.92 bits per heavy atom. The summed E-state index contributed by atoms with van der Waals surface area (Å²) in [5.74, 6) is 0.597. The van der Waals surface area contributed by atoms with Gasteiger partial charge in [0.05, 0.1) is 6.10 Å². The molecule has 0 aliphatic carbocycles. The van der Waals surface area contributed by atoms with Gasteiger partial charge in [0.15, 0.2) is 5.96 Å². The first-order valence-electron chi connectivity index (χ1n) is 8.22. The monoisotopic (exact) mass is 450 g/mol. The van der Waals surface area contributed by atoms with E-state index >= 15 is 0 Å². The van der Waals surface area contributed by atoms with Gasteiger partial charge in [0.25, 0.3) is 0 Å². The van der Waals surface area contributed by atoms with Crippen LogP contribution in [0.3, 0.4) is 0 Å². The maximum absolute atomic E-state index is 13.2. The van der Waals surface area contributed by atoms with Crippen molar-refractivity contribution in [3.8, 4) is 0 Å². The summed E-state index contributed by atoms with van der Waals surface area (Å²) in [6.45, 7) is 3.32. The fraction of sp³-hybridized carbons (Fsp3) is 0.588. The van der Waals surface area contributed by atoms with E-state index in [0.717, 1.165) is 57.2 Å². The molecule has 0 bridgehead atoms. The first kappa shape index (κ1) is 21.0. The van der Waals surface area contributed by atoms with Crippen molar-refractivity contribution in [2.75, 3.05) is 45.2 Å². The molecule has 24 heavy (non-hydrogen) atoms. The highest BCUT2D eigenvalue weighted by atomic mass is 127. The SMILES string of the molecule is CN=C(NCCCN(C)c1cccc(F)c1)NCC1CCCO1.I. The molecule has 0 radical (unpaired) electrons. The van der Waals surface area contributed by atoms with Crippen molar-refractivity contribution in [3.63, 3.8) is 0 Å². The minimum absolute atomic E-state index is 0. The molecule has 1 atom stereocenters. The Balaban J connectivity index is 0.00000288. The molecule has 1 aromatic carbocycles. The third-order valence-electron chi connectivity index (χ3n) is 3.96. The summed E-state index contributed by atoms with van der Waals surface area (Å²) in [5, 5.41) is 6.58. The lowest BCUT2D eigenvalue weighted by Crippen LogP contribution is -2.41. The van der Waals surface area contributed by atoms with Gasteiger partial charge in [-0.25, -0.2) is 4.39 Å². The van der Waals surface area contributed by atoms with E-state index in [1.54, 1.807) is 19.2 Å². The lowest BCUT2D eigenvalue weighted by Gasteiger charge is -2.20. The topological polar surface area (TPSA) is 48.9 Å². The molecule has 1 fully saturated rings. The number of halogens is 2. The molecular weight excluding hydrogens is 422 g/mol. The molecule has 1 aliphatic rings. The standard InChI is InChI=1S/C17H27FN4O.HI/c1-19-17(21-13-16-8-4-11-23-16)20-9-5-10-22(2)15-7-3-6-14(18)12-15;/h3,6-7,12,16H,4-5,8-11,13H2,1-2H3,(H2,19,20,21);1H. The van der Waals surface area contributed by atoms with Crippen LogP contribution in [0.5, 0.6) is 0 Å². The highest BCUT2D eigenvalue weighted by Gasteiger charge is 2.15. The Hall–Kier alpha value is -1.09. The number of guanidine groups is 1. The van der Waals surface area contributed by atoms with Gasteiger partial charge in [-0.05, 0) is 37.5 Å². The van der Waals surface area contributed by atoms with Crippen LogP contribution in [0.25, 0.3) is 0 Å². The van der Waals surface area contributed by atoms with Crippen LogP contribution in [-0.2, 0) is 4.74 Å². The van der Waals surface area contributed by atoms with Crippen molar-refractivity contribution in [3.05, 3.63) is 30.1 Å². The zero-order valence-corrected chi connectivity index (χ0v) is 16.8. The number of rotatable bonds is 7. The molecule has 1 unspecified atom stereocenters. The second-order valence-electron chi connectivity index (χ2n) is 5.77. The number of ether oxygens (including phenoxy) is 1. The van der Waals surface area contributed by atoms with E-state index in [-0.39, 0.29) is 29.8 Å². The van der Waals surface area contributed by atoms with Crippen LogP contribution in [0, 0.1) is 5.82 Å². The summed E-state index contributed by atoms with van der Waals surface area (Å²) >= 11 is 0. The third kappa shape index (κ3) is 7.21. The zero-order valence-electron chi connectivity index (χ0n) is 14.4. The van der Waals surface area contributed by atoms with Crippen LogP contribution >= 0.6 is 24.0 Å². The molecule has 1 heterocycles. The largest absolute Gasteiger partial charge is 0.376 e. The summed E-state index contributed by atoms with van der Waals surface area (Å²) in [6, 6.07) is 6.66. The Morgan fingerprint density at radius 1 is 1.42 bits per heavy atom. The predicted octanol–water partition coefficient (Wildman–Crippen LogP) is 2.61. The summed E-state index contributed by atoms with van der Waals surface area (Å²) in [4.78, 5) is 6.26. The highest BCUT2D eigenvalue weighted by Crippen LogP contribution is 2.13. The number of nitrogens with one attached hydrogen (secondary N) is 2. The second kappa shape index (κ2) is 11.5. The number of anilines is 1. The van der Waals surface area contributed by atoms with E-state index in [2.05, 4.69) is 15.6 Å². The van der Waals surface area contributed by atoms with Gasteiger partial charge in [0, 0.05) is 46.0 Å². The van der Waals surface area contributed by atoms with Crippen molar-refractivity contribution in [1.82, 2.24) is 10.6 Å². The molecule has 1 aromatic rings. The first-order valence-corrected chi connectivity index (χ1v) is 8.22. The average Bonchev–Trinajstić information content (AvgIpc) is 3.07. The van der Waals surface area contributed by atoms with E-state index in [1.165, 1.54) is 6.07 Å². The van der Waals surface area contributed by atoms with Gasteiger partial charge in [-0.15, -0.1) is 24.0 Å². The maximum atomic E-state index is 13.2. The minimum atomic E-state index is -0.203. The van der Waals surface area contributed by atoms with Crippen LogP contribution in [0.2, 0.25) is 0 Å². The molecular formula is C17H28FIN4O. The lowest BCUT2D eigenvalue weighted by atomic mass is 10.2. The molecule has 0 saturated carbocycles. The Kier molecular flexibility index (Phi) is 10.0. The molecule has 7 heteroatoms. The van der Waals surface area contributed by atoms with E-state index in [0.29, 0.717) is 6.10 Å². The van der Waals surface area contributed by atoms with Crippen molar-refractivity contribution in [2.24, 2.45) is 4.99 Å². The molecule has 1 saturated heterocycles. The number of aliphatic imine (C=N–C) groups is 1. The lowest BCUT2D eigenvalue weighted by molar-refractivity contribution is 0.114. The number of hydrogen-bond donors (Lipinski definition) is 2. The predicted molar refractivity (Wildman–Crippen MR) is 108 cm³/mol. The minimum Gasteiger partial charge on any atom is -0.376 e. The highest BCUT2D eigenvalue weighted by molar-refractivity contribution is 14.0. The molecule has 0 amide bonds. The van der Waals surface area contributed by atoms with Crippen molar-refractivity contribution in [1.29, 1.82) is 0 Å². The van der Waals surface area contributed by atoms with Gasteiger partial charge in [-0.2, -0.15) is 0 Å². The normalized spacial score (nSPS) is 17.3. The van der Waals surface area contributed by atoms with Gasteiger partial charge in [-0.3, -0.25) is 4.99 Å². The zero-order chi connectivity index (χ0) is 16.5. The van der Waals surface area contributed by atoms with Gasteiger partial charge in [0.1, 0.15) is 5.82 Å². The van der Waals surface area contributed by atoms with Crippen LogP contribution in [-0.4, -0.2) is 52.4 Å². The van der Waals surface area contributed by atoms with E-state index in [9.17, 15) is 4.39 Å². The van der Waals surface area contributed by atoms with Crippen molar-refractivity contribution >= 4 is 35.6 Å². The van der Waals surface area contributed by atoms with Gasteiger partial charge in [0.2, 0.25) is 0 Å². The number of hydrogen-bond acceptors (Lipinski definition) is 3. The van der Waals surface area contributed by atoms with Crippen LogP contribution < -0.4 is 15.5 Å². The van der Waals surface area contributed by atoms with Crippen molar-refractivity contribution in [2.45, 2.75) is 25.4 Å². The third-order valence-corrected chi connectivity index (χ3v) is 3.96. The summed E-state index contributed by atoms with van der Waals surface area (Å²) in [6.07, 6.45) is 3.49. The smallest absolute Gasteiger partial charge is 0.191 e. The van der Waals surface area contributed by atoms with Crippen LogP contribution in [0.15, 0.2) is 29.3 Å². The van der Waals surface area contributed by atoms with Crippen LogP contribution in [0.1, 0.15) is 19.3 Å². The van der Waals surface area contributed by atoms with Gasteiger partial charge < -0.3 is 20.3 Å². The molecule has 136 valence electrons. The molecule has 0 aromatic heterocycles.